The van der Waals surface area contributed by atoms with E-state index in [4.69, 9.17) is 5.73 Å². The Balaban J connectivity index is 2.12. The van der Waals surface area contributed by atoms with Crippen LogP contribution in [0, 0.1) is 12.7 Å². The Bertz CT molecular complexity index is 340. The molecule has 15 heavy (non-hydrogen) atoms. The highest BCUT2D eigenvalue weighted by Gasteiger charge is 2.20. The summed E-state index contributed by atoms with van der Waals surface area (Å²) in [7, 11) is 0. The number of hydrogen-bond acceptors (Lipinski definition) is 1. The van der Waals surface area contributed by atoms with Crippen molar-refractivity contribution < 1.29 is 4.39 Å². The van der Waals surface area contributed by atoms with Crippen molar-refractivity contribution in [1.82, 2.24) is 0 Å². The van der Waals surface area contributed by atoms with Gasteiger partial charge >= 0.3 is 0 Å². The molecule has 0 saturated heterocycles. The Morgan fingerprint density at radius 3 is 2.47 bits per heavy atom. The van der Waals surface area contributed by atoms with Crippen molar-refractivity contribution in [3.8, 4) is 0 Å². The van der Waals surface area contributed by atoms with Gasteiger partial charge in [-0.2, -0.15) is 0 Å². The van der Waals surface area contributed by atoms with Crippen LogP contribution in [-0.4, -0.2) is 6.04 Å². The van der Waals surface area contributed by atoms with E-state index in [1.54, 1.807) is 6.07 Å². The lowest BCUT2D eigenvalue weighted by Crippen LogP contribution is -2.25. The summed E-state index contributed by atoms with van der Waals surface area (Å²) in [5, 5.41) is 0. The molecular weight excluding hydrogens is 189 g/mol. The van der Waals surface area contributed by atoms with E-state index < -0.39 is 0 Å². The number of benzene rings is 1. The second-order valence-corrected chi connectivity index (χ2v) is 4.62. The van der Waals surface area contributed by atoms with Crippen LogP contribution in [-0.2, 0) is 0 Å². The zero-order valence-corrected chi connectivity index (χ0v) is 9.17. The molecule has 1 nitrogen and oxygen atoms in total. The van der Waals surface area contributed by atoms with Crippen molar-refractivity contribution in [2.75, 3.05) is 0 Å². The molecule has 1 aromatic carbocycles. The Morgan fingerprint density at radius 2 is 1.87 bits per heavy atom. The fraction of sp³-hybridized carbons (Fsp3) is 0.538. The van der Waals surface area contributed by atoms with E-state index in [2.05, 4.69) is 0 Å². The van der Waals surface area contributed by atoms with Gasteiger partial charge in [-0.05, 0) is 55.7 Å². The molecule has 0 amide bonds. The molecule has 0 aromatic heterocycles. The molecule has 0 heterocycles. The highest BCUT2D eigenvalue weighted by atomic mass is 19.1. The van der Waals surface area contributed by atoms with Crippen LogP contribution in [0.3, 0.4) is 0 Å². The van der Waals surface area contributed by atoms with E-state index in [-0.39, 0.29) is 5.82 Å². The minimum atomic E-state index is -0.105. The SMILES string of the molecule is Cc1cc(C2CCC(N)CC2)ccc1F. The molecule has 1 fully saturated rings. The summed E-state index contributed by atoms with van der Waals surface area (Å²) in [6.45, 7) is 1.83. The number of aryl methyl sites for hydroxylation is 1. The van der Waals surface area contributed by atoms with Gasteiger partial charge in [0.05, 0.1) is 0 Å². The summed E-state index contributed by atoms with van der Waals surface area (Å²) >= 11 is 0. The lowest BCUT2D eigenvalue weighted by atomic mass is 9.82. The molecular formula is C13H18FN. The van der Waals surface area contributed by atoms with E-state index in [1.807, 2.05) is 19.1 Å². The number of hydrogen-bond donors (Lipinski definition) is 1. The summed E-state index contributed by atoms with van der Waals surface area (Å²) in [6, 6.07) is 5.86. The van der Waals surface area contributed by atoms with Gasteiger partial charge in [0.15, 0.2) is 0 Å². The lowest BCUT2D eigenvalue weighted by Gasteiger charge is -2.26. The van der Waals surface area contributed by atoms with Crippen molar-refractivity contribution in [2.24, 2.45) is 5.73 Å². The Hall–Kier alpha value is -0.890. The molecule has 2 heteroatoms. The van der Waals surface area contributed by atoms with Crippen LogP contribution in [0.15, 0.2) is 18.2 Å². The van der Waals surface area contributed by atoms with Crippen molar-refractivity contribution in [1.29, 1.82) is 0 Å². The first-order chi connectivity index (χ1) is 7.16. The van der Waals surface area contributed by atoms with Gasteiger partial charge in [0.2, 0.25) is 0 Å². The average Bonchev–Trinajstić information content (AvgIpc) is 2.23. The molecule has 2 N–H and O–H groups in total. The van der Waals surface area contributed by atoms with E-state index in [9.17, 15) is 4.39 Å². The minimum Gasteiger partial charge on any atom is -0.328 e. The third-order valence-electron chi connectivity index (χ3n) is 3.43. The summed E-state index contributed by atoms with van der Waals surface area (Å²) in [4.78, 5) is 0. The van der Waals surface area contributed by atoms with E-state index in [0.29, 0.717) is 12.0 Å². The quantitative estimate of drug-likeness (QED) is 0.752. The zero-order valence-electron chi connectivity index (χ0n) is 9.17. The summed E-state index contributed by atoms with van der Waals surface area (Å²) < 4.78 is 13.1. The standard InChI is InChI=1S/C13H18FN/c1-9-8-11(4-7-13(9)14)10-2-5-12(15)6-3-10/h4,7-8,10,12H,2-3,5-6,15H2,1H3. The zero-order chi connectivity index (χ0) is 10.8. The molecule has 1 aromatic rings. The van der Waals surface area contributed by atoms with Gasteiger partial charge in [0.25, 0.3) is 0 Å². The Kier molecular flexibility index (Phi) is 3.06. The molecule has 0 atom stereocenters. The molecule has 2 rings (SSSR count). The van der Waals surface area contributed by atoms with Crippen LogP contribution < -0.4 is 5.73 Å². The highest BCUT2D eigenvalue weighted by molar-refractivity contribution is 5.27. The molecule has 0 unspecified atom stereocenters. The number of halogens is 1. The van der Waals surface area contributed by atoms with Crippen molar-refractivity contribution in [2.45, 2.75) is 44.6 Å². The second-order valence-electron chi connectivity index (χ2n) is 4.62. The third kappa shape index (κ3) is 2.37. The first kappa shape index (κ1) is 10.6. The van der Waals surface area contributed by atoms with Crippen molar-refractivity contribution in [3.05, 3.63) is 35.1 Å². The van der Waals surface area contributed by atoms with Gasteiger partial charge in [0.1, 0.15) is 5.82 Å². The lowest BCUT2D eigenvalue weighted by molar-refractivity contribution is 0.395. The van der Waals surface area contributed by atoms with Gasteiger partial charge in [-0.1, -0.05) is 12.1 Å². The van der Waals surface area contributed by atoms with Gasteiger partial charge in [-0.25, -0.2) is 4.39 Å². The maximum absolute atomic E-state index is 13.1. The molecule has 1 aliphatic rings. The molecule has 1 saturated carbocycles. The monoisotopic (exact) mass is 207 g/mol. The first-order valence-corrected chi connectivity index (χ1v) is 5.68. The third-order valence-corrected chi connectivity index (χ3v) is 3.43. The molecule has 82 valence electrons. The predicted molar refractivity (Wildman–Crippen MR) is 60.3 cm³/mol. The van der Waals surface area contributed by atoms with Crippen LogP contribution in [0.25, 0.3) is 0 Å². The fourth-order valence-corrected chi connectivity index (χ4v) is 2.37. The fourth-order valence-electron chi connectivity index (χ4n) is 2.37. The van der Waals surface area contributed by atoms with Crippen LogP contribution in [0.1, 0.15) is 42.7 Å². The highest BCUT2D eigenvalue weighted by Crippen LogP contribution is 2.32. The summed E-state index contributed by atoms with van der Waals surface area (Å²) in [5.74, 6) is 0.482. The van der Waals surface area contributed by atoms with Crippen LogP contribution in [0.5, 0.6) is 0 Å². The molecule has 0 bridgehead atoms. The Labute approximate surface area is 90.5 Å². The van der Waals surface area contributed by atoms with Gasteiger partial charge in [-0.15, -0.1) is 0 Å². The topological polar surface area (TPSA) is 26.0 Å². The van der Waals surface area contributed by atoms with E-state index in [0.717, 1.165) is 31.2 Å². The number of rotatable bonds is 1. The molecule has 0 spiro atoms. The van der Waals surface area contributed by atoms with Gasteiger partial charge in [0, 0.05) is 6.04 Å². The molecule has 0 aliphatic heterocycles. The minimum absolute atomic E-state index is 0.105. The maximum Gasteiger partial charge on any atom is 0.126 e. The summed E-state index contributed by atoms with van der Waals surface area (Å²) in [5.41, 5.74) is 7.90. The second kappa shape index (κ2) is 4.31. The van der Waals surface area contributed by atoms with Crippen molar-refractivity contribution >= 4 is 0 Å². The molecule has 1 aliphatic carbocycles. The van der Waals surface area contributed by atoms with Gasteiger partial charge < -0.3 is 5.73 Å². The predicted octanol–water partition coefficient (Wildman–Crippen LogP) is 3.12. The van der Waals surface area contributed by atoms with Crippen LogP contribution in [0.2, 0.25) is 0 Å². The maximum atomic E-state index is 13.1. The number of nitrogens with two attached hydrogens (primary N) is 1. The van der Waals surface area contributed by atoms with Crippen LogP contribution >= 0.6 is 0 Å². The van der Waals surface area contributed by atoms with Crippen molar-refractivity contribution in [3.63, 3.8) is 0 Å². The largest absolute Gasteiger partial charge is 0.328 e. The van der Waals surface area contributed by atoms with Crippen LogP contribution in [0.4, 0.5) is 4.39 Å². The van der Waals surface area contributed by atoms with E-state index >= 15 is 0 Å². The average molecular weight is 207 g/mol. The summed E-state index contributed by atoms with van der Waals surface area (Å²) in [6.07, 6.45) is 4.49. The van der Waals surface area contributed by atoms with E-state index in [1.165, 1.54) is 5.56 Å². The molecule has 0 radical (unpaired) electrons. The first-order valence-electron chi connectivity index (χ1n) is 5.68. The normalized spacial score (nSPS) is 26.6. The van der Waals surface area contributed by atoms with Gasteiger partial charge in [-0.3, -0.25) is 0 Å². The smallest absolute Gasteiger partial charge is 0.126 e. The Morgan fingerprint density at radius 1 is 1.20 bits per heavy atom.